The number of methoxy groups -OCH3 is 1. The van der Waals surface area contributed by atoms with E-state index in [0.29, 0.717) is 29.1 Å². The van der Waals surface area contributed by atoms with E-state index >= 15 is 0 Å². The number of fused-ring (bicyclic) bond motifs is 3. The number of nitrogens with one attached hydrogen (secondary N) is 1. The number of ketones is 2. The maximum absolute atomic E-state index is 13.4. The minimum Gasteiger partial charge on any atom is -0.507 e. The lowest BCUT2D eigenvalue weighted by molar-refractivity contribution is -0.385. The van der Waals surface area contributed by atoms with Crippen LogP contribution in [0, 0.1) is 16.0 Å². The molecule has 0 bridgehead atoms. The molecular weight excluding hydrogens is 582 g/mol. The zero-order chi connectivity index (χ0) is 30.3. The van der Waals surface area contributed by atoms with Crippen LogP contribution in [0.4, 0.5) is 5.69 Å². The fourth-order valence-electron chi connectivity index (χ4n) is 5.19. The predicted octanol–water partition coefficient (Wildman–Crippen LogP) is 4.63. The van der Waals surface area contributed by atoms with Crippen LogP contribution in [0.2, 0.25) is 0 Å². The van der Waals surface area contributed by atoms with E-state index < -0.39 is 27.2 Å². The average Bonchev–Trinajstić information content (AvgIpc) is 2.99. The molecule has 5 rings (SSSR count). The van der Waals surface area contributed by atoms with Crippen molar-refractivity contribution in [3.63, 3.8) is 0 Å². The van der Waals surface area contributed by atoms with Crippen molar-refractivity contribution in [3.05, 3.63) is 80.0 Å². The molecule has 42 heavy (non-hydrogen) atoms. The van der Waals surface area contributed by atoms with E-state index in [2.05, 4.69) is 10.3 Å². The summed E-state index contributed by atoms with van der Waals surface area (Å²) < 4.78 is 4.86. The number of pyridine rings is 1. The molecule has 1 atom stereocenters. The molecule has 13 heteroatoms. The van der Waals surface area contributed by atoms with Gasteiger partial charge in [0.1, 0.15) is 28.5 Å². The summed E-state index contributed by atoms with van der Waals surface area (Å²) in [6, 6.07) is 7.55. The molecule has 2 aliphatic rings. The number of nitro groups is 1. The summed E-state index contributed by atoms with van der Waals surface area (Å²) in [5.74, 6) is -2.48. The Kier molecular flexibility index (Phi) is 7.90. The Labute approximate surface area is 248 Å². The van der Waals surface area contributed by atoms with Gasteiger partial charge in [0.2, 0.25) is 11.7 Å². The molecule has 3 aromatic rings. The number of rotatable bonds is 8. The first-order chi connectivity index (χ1) is 19.9. The Bertz CT molecular complexity index is 1640. The monoisotopic (exact) mass is 609 g/mol. The van der Waals surface area contributed by atoms with Crippen molar-refractivity contribution in [1.29, 1.82) is 0 Å². The van der Waals surface area contributed by atoms with E-state index in [1.54, 1.807) is 18.2 Å². The maximum Gasteiger partial charge on any atom is 0.287 e. The first-order valence-corrected chi connectivity index (χ1v) is 15.2. The van der Waals surface area contributed by atoms with E-state index in [1.165, 1.54) is 47.0 Å². The third-order valence-corrected chi connectivity index (χ3v) is 10.6. The van der Waals surface area contributed by atoms with Gasteiger partial charge in [0, 0.05) is 40.0 Å². The average molecular weight is 610 g/mol. The lowest BCUT2D eigenvalue weighted by atomic mass is 9.75. The second-order valence-electron chi connectivity index (χ2n) is 10.6. The van der Waals surface area contributed by atoms with Gasteiger partial charge in [-0.3, -0.25) is 24.5 Å². The zero-order valence-corrected chi connectivity index (χ0v) is 24.6. The van der Waals surface area contributed by atoms with Crippen LogP contribution in [-0.4, -0.2) is 56.0 Å². The second-order valence-corrected chi connectivity index (χ2v) is 13.5. The van der Waals surface area contributed by atoms with Crippen molar-refractivity contribution in [3.8, 4) is 17.2 Å². The Morgan fingerprint density at radius 2 is 1.83 bits per heavy atom. The largest absolute Gasteiger partial charge is 0.507 e. The van der Waals surface area contributed by atoms with E-state index in [1.807, 2.05) is 13.8 Å². The van der Waals surface area contributed by atoms with Crippen LogP contribution >= 0.6 is 21.6 Å². The molecule has 0 radical (unpaired) electrons. The van der Waals surface area contributed by atoms with Crippen LogP contribution in [-0.2, 0) is 17.6 Å². The number of hydrogen-bond donors (Lipinski definition) is 3. The van der Waals surface area contributed by atoms with Crippen LogP contribution in [0.1, 0.15) is 63.2 Å². The van der Waals surface area contributed by atoms with Crippen molar-refractivity contribution in [2.75, 3.05) is 13.7 Å². The normalized spacial score (nSPS) is 15.8. The number of phenols is 2. The van der Waals surface area contributed by atoms with E-state index in [-0.39, 0.29) is 63.9 Å². The number of ether oxygens (including phenoxy) is 1. The minimum absolute atomic E-state index is 0.0446. The molecule has 11 nitrogen and oxygen atoms in total. The molecular formula is C29H27N3O8S2. The smallest absolute Gasteiger partial charge is 0.287 e. The Morgan fingerprint density at radius 1 is 1.12 bits per heavy atom. The van der Waals surface area contributed by atoms with Gasteiger partial charge in [-0.25, -0.2) is 4.98 Å². The number of carbonyl (C=O) groups excluding carboxylic acids is 3. The first kappa shape index (κ1) is 29.4. The van der Waals surface area contributed by atoms with Crippen molar-refractivity contribution < 1.29 is 34.3 Å². The summed E-state index contributed by atoms with van der Waals surface area (Å²) in [5.41, 5.74) is 0.181. The van der Waals surface area contributed by atoms with E-state index in [9.17, 15) is 34.7 Å². The van der Waals surface area contributed by atoms with E-state index in [4.69, 9.17) is 4.74 Å². The third kappa shape index (κ3) is 5.29. The fraction of sp³-hybridized carbons (Fsp3) is 0.310. The molecule has 0 aliphatic heterocycles. The van der Waals surface area contributed by atoms with Gasteiger partial charge in [-0.2, -0.15) is 0 Å². The lowest BCUT2D eigenvalue weighted by Crippen LogP contribution is -2.40. The molecule has 2 aliphatic carbocycles. The molecule has 2 aromatic carbocycles. The Balaban J connectivity index is 1.30. The Hall–Kier alpha value is -4.10. The molecule has 1 amide bonds. The number of nitrogens with zero attached hydrogens (tertiary/aromatic N) is 2. The fourth-order valence-corrected chi connectivity index (χ4v) is 7.26. The van der Waals surface area contributed by atoms with Crippen LogP contribution < -0.4 is 10.1 Å². The molecule has 0 saturated heterocycles. The number of phenolic OH excluding ortho intramolecular Hbond substituents is 2. The molecule has 0 fully saturated rings. The highest BCUT2D eigenvalue weighted by molar-refractivity contribution is 8.77. The van der Waals surface area contributed by atoms with Crippen LogP contribution in [0.3, 0.4) is 0 Å². The summed E-state index contributed by atoms with van der Waals surface area (Å²) in [5, 5.41) is 36.8. The van der Waals surface area contributed by atoms with Crippen LogP contribution in [0.25, 0.3) is 0 Å². The summed E-state index contributed by atoms with van der Waals surface area (Å²) in [6.07, 6.45) is 1.90. The number of aromatic nitrogens is 1. The number of hydrogen-bond acceptors (Lipinski definition) is 11. The SMILES string of the molecule is COc1cccc2c1C(=O)c1c(O)c3c(c(O)c1C2=O)C[C@@H](C(=O)NCC(C)(C)SSc1ccc([N+](=O)[O-])cn1)CC3. The molecule has 218 valence electrons. The summed E-state index contributed by atoms with van der Waals surface area (Å²) in [6.45, 7) is 4.20. The summed E-state index contributed by atoms with van der Waals surface area (Å²) in [7, 11) is 4.18. The third-order valence-electron chi connectivity index (χ3n) is 7.37. The molecule has 3 N–H and O–H groups in total. The van der Waals surface area contributed by atoms with Gasteiger partial charge in [0.15, 0.2) is 5.78 Å². The predicted molar refractivity (Wildman–Crippen MR) is 157 cm³/mol. The lowest BCUT2D eigenvalue weighted by Gasteiger charge is -2.30. The standard InChI is InChI=1S/C29H27N3O8S2/c1-29(2,42-41-20-10-8-15(12-30-20)32(38)39)13-31-28(37)14-7-9-16-18(11-14)26(35)22-23(24(16)33)27(36)21-17(25(22)34)5-4-6-19(21)40-3/h4-6,8,10,12,14,33,35H,7,9,11,13H2,1-3H3,(H,31,37)/t14-/m0/s1. The van der Waals surface area contributed by atoms with Gasteiger partial charge in [-0.1, -0.05) is 22.9 Å². The van der Waals surface area contributed by atoms with Gasteiger partial charge in [-0.15, -0.1) is 0 Å². The van der Waals surface area contributed by atoms with Gasteiger partial charge in [-0.05, 0) is 56.0 Å². The maximum atomic E-state index is 13.4. The molecule has 0 spiro atoms. The van der Waals surface area contributed by atoms with Crippen molar-refractivity contribution in [2.45, 2.75) is 42.9 Å². The summed E-state index contributed by atoms with van der Waals surface area (Å²) >= 11 is 0. The van der Waals surface area contributed by atoms with Gasteiger partial charge in [0.05, 0.1) is 28.7 Å². The van der Waals surface area contributed by atoms with Gasteiger partial charge in [0.25, 0.3) is 5.69 Å². The molecule has 1 heterocycles. The van der Waals surface area contributed by atoms with Gasteiger partial charge < -0.3 is 20.3 Å². The molecule has 0 saturated carbocycles. The van der Waals surface area contributed by atoms with Crippen LogP contribution in [0.15, 0.2) is 41.6 Å². The molecule has 1 aromatic heterocycles. The highest BCUT2D eigenvalue weighted by Crippen LogP contribution is 2.47. The number of aromatic hydroxyl groups is 2. The minimum atomic E-state index is -0.603. The van der Waals surface area contributed by atoms with E-state index in [0.717, 1.165) is 0 Å². The zero-order valence-electron chi connectivity index (χ0n) is 22.9. The number of benzene rings is 2. The quantitative estimate of drug-likeness (QED) is 0.110. The summed E-state index contributed by atoms with van der Waals surface area (Å²) in [4.78, 5) is 54.4. The highest BCUT2D eigenvalue weighted by atomic mass is 33.1. The highest BCUT2D eigenvalue weighted by Gasteiger charge is 2.41. The Morgan fingerprint density at radius 3 is 2.50 bits per heavy atom. The van der Waals surface area contributed by atoms with Crippen molar-refractivity contribution in [1.82, 2.24) is 10.3 Å². The van der Waals surface area contributed by atoms with Crippen molar-refractivity contribution in [2.24, 2.45) is 5.92 Å². The first-order valence-electron chi connectivity index (χ1n) is 13.0. The second kappa shape index (κ2) is 11.3. The number of amides is 1. The van der Waals surface area contributed by atoms with Gasteiger partial charge >= 0.3 is 0 Å². The molecule has 0 unspecified atom stereocenters. The number of carbonyl (C=O) groups is 3. The van der Waals surface area contributed by atoms with Crippen molar-refractivity contribution >= 4 is 44.7 Å². The topological polar surface area (TPSA) is 169 Å². The van der Waals surface area contributed by atoms with Crippen LogP contribution in [0.5, 0.6) is 17.2 Å².